The van der Waals surface area contributed by atoms with Gasteiger partial charge in [-0.25, -0.2) is 0 Å². The van der Waals surface area contributed by atoms with Crippen molar-refractivity contribution < 1.29 is 9.59 Å². The van der Waals surface area contributed by atoms with E-state index in [-0.39, 0.29) is 11.8 Å². The summed E-state index contributed by atoms with van der Waals surface area (Å²) in [7, 11) is 0. The second kappa shape index (κ2) is 7.55. The van der Waals surface area contributed by atoms with E-state index in [1.54, 1.807) is 0 Å². The summed E-state index contributed by atoms with van der Waals surface area (Å²) >= 11 is 0. The maximum Gasteiger partial charge on any atom is 0.240 e. The number of carbonyl (C=O) groups excluding carboxylic acids is 2. The number of rotatable bonds is 6. The third kappa shape index (κ3) is 3.90. The van der Waals surface area contributed by atoms with Crippen LogP contribution in [-0.2, 0) is 9.59 Å². The fourth-order valence-electron chi connectivity index (χ4n) is 3.39. The lowest BCUT2D eigenvalue weighted by molar-refractivity contribution is -0.131. The quantitative estimate of drug-likeness (QED) is 0.684. The van der Waals surface area contributed by atoms with E-state index < -0.39 is 5.41 Å². The van der Waals surface area contributed by atoms with Gasteiger partial charge in [-0.05, 0) is 47.9 Å². The summed E-state index contributed by atoms with van der Waals surface area (Å²) in [5, 5.41) is 6.00. The topological polar surface area (TPSA) is 58.2 Å². The molecule has 2 N–H and O–H groups in total. The molecule has 0 aliphatic heterocycles. The molecule has 142 valence electrons. The number of anilines is 2. The number of hydrogen-bond donors (Lipinski definition) is 2. The molecule has 1 saturated carbocycles. The highest BCUT2D eigenvalue weighted by molar-refractivity contribution is 6.17. The highest BCUT2D eigenvalue weighted by Gasteiger charge is 2.56. The van der Waals surface area contributed by atoms with E-state index in [2.05, 4.69) is 38.3 Å². The molecule has 4 heteroatoms. The van der Waals surface area contributed by atoms with Crippen molar-refractivity contribution in [1.29, 1.82) is 0 Å². The van der Waals surface area contributed by atoms with Crippen LogP contribution < -0.4 is 10.6 Å². The zero-order valence-electron chi connectivity index (χ0n) is 16.5. The molecule has 0 unspecified atom stereocenters. The first-order valence-electron chi connectivity index (χ1n) is 9.66. The zero-order chi connectivity index (χ0) is 19.6. The summed E-state index contributed by atoms with van der Waals surface area (Å²) in [6.45, 7) is 8.36. The molecule has 2 aromatic carbocycles. The summed E-state index contributed by atoms with van der Waals surface area (Å²) in [5.41, 5.74) is 2.77. The van der Waals surface area contributed by atoms with Crippen LogP contribution in [0.4, 0.5) is 11.4 Å². The molecule has 0 bridgehead atoms. The summed E-state index contributed by atoms with van der Waals surface area (Å²) in [5.74, 6) is 0.164. The van der Waals surface area contributed by atoms with Gasteiger partial charge in [0.1, 0.15) is 5.41 Å². The largest absolute Gasteiger partial charge is 0.325 e. The van der Waals surface area contributed by atoms with Gasteiger partial charge in [0.25, 0.3) is 0 Å². The molecule has 1 aliphatic rings. The van der Waals surface area contributed by atoms with Crippen LogP contribution in [-0.4, -0.2) is 11.8 Å². The predicted molar refractivity (Wildman–Crippen MR) is 110 cm³/mol. The maximum absolute atomic E-state index is 13.0. The molecule has 0 heterocycles. The van der Waals surface area contributed by atoms with Crippen LogP contribution in [0.3, 0.4) is 0 Å². The molecule has 3 rings (SSSR count). The van der Waals surface area contributed by atoms with Crippen LogP contribution in [0.5, 0.6) is 0 Å². The molecule has 2 amide bonds. The van der Waals surface area contributed by atoms with Crippen LogP contribution in [0.15, 0.2) is 48.5 Å². The minimum atomic E-state index is -0.964. The highest BCUT2D eigenvalue weighted by atomic mass is 16.2. The van der Waals surface area contributed by atoms with E-state index in [1.165, 1.54) is 0 Å². The minimum absolute atomic E-state index is 0.213. The first-order chi connectivity index (χ1) is 12.8. The van der Waals surface area contributed by atoms with Gasteiger partial charge in [0.2, 0.25) is 11.8 Å². The Bertz CT molecular complexity index is 783. The lowest BCUT2D eigenvalue weighted by Gasteiger charge is -2.20. The zero-order valence-corrected chi connectivity index (χ0v) is 16.5. The van der Waals surface area contributed by atoms with E-state index in [0.717, 1.165) is 22.5 Å². The molecule has 0 atom stereocenters. The third-order valence-corrected chi connectivity index (χ3v) is 5.28. The summed E-state index contributed by atoms with van der Waals surface area (Å²) < 4.78 is 0. The molecule has 4 nitrogen and oxygen atoms in total. The Morgan fingerprint density at radius 2 is 1.11 bits per heavy atom. The molecule has 27 heavy (non-hydrogen) atoms. The van der Waals surface area contributed by atoms with Crippen LogP contribution in [0.1, 0.15) is 63.5 Å². The fourth-order valence-corrected chi connectivity index (χ4v) is 3.39. The van der Waals surface area contributed by atoms with Crippen molar-refractivity contribution in [3.8, 4) is 0 Å². The molecule has 0 aromatic heterocycles. The number of para-hydroxylation sites is 2. The molecular weight excluding hydrogens is 336 g/mol. The van der Waals surface area contributed by atoms with Crippen molar-refractivity contribution in [1.82, 2.24) is 0 Å². The van der Waals surface area contributed by atoms with Gasteiger partial charge in [-0.3, -0.25) is 9.59 Å². The summed E-state index contributed by atoms with van der Waals surface area (Å²) in [6.07, 6.45) is 1.16. The van der Waals surface area contributed by atoms with Crippen LogP contribution in [0.25, 0.3) is 0 Å². The lowest BCUT2D eigenvalue weighted by atomic mass is 9.98. The lowest BCUT2D eigenvalue weighted by Crippen LogP contribution is -2.36. The number of hydrogen-bond acceptors (Lipinski definition) is 2. The maximum atomic E-state index is 13.0. The predicted octanol–water partition coefficient (Wildman–Crippen LogP) is 5.29. The van der Waals surface area contributed by atoms with E-state index in [1.807, 2.05) is 48.5 Å². The van der Waals surface area contributed by atoms with Crippen molar-refractivity contribution in [2.75, 3.05) is 10.6 Å². The average Bonchev–Trinajstić information content (AvgIpc) is 3.44. The normalized spacial score (nSPS) is 14.9. The van der Waals surface area contributed by atoms with Gasteiger partial charge in [0, 0.05) is 11.4 Å². The Balaban J connectivity index is 1.77. The van der Waals surface area contributed by atoms with E-state index in [4.69, 9.17) is 0 Å². The molecule has 1 aliphatic carbocycles. The second-order valence-electron chi connectivity index (χ2n) is 7.97. The average molecular weight is 364 g/mol. The standard InChI is InChI=1S/C23H28N2O2/c1-15(2)17-9-5-7-11-19(17)24-21(26)23(13-14-23)22(27)25-20-12-8-6-10-18(20)16(3)4/h5-12,15-16H,13-14H2,1-4H3,(H,24,26)(H,25,27). The molecule has 2 aromatic rings. The van der Waals surface area contributed by atoms with E-state index >= 15 is 0 Å². The van der Waals surface area contributed by atoms with Crippen molar-refractivity contribution >= 4 is 23.2 Å². The second-order valence-corrected chi connectivity index (χ2v) is 7.97. The molecule has 0 radical (unpaired) electrons. The van der Waals surface area contributed by atoms with Gasteiger partial charge in [-0.2, -0.15) is 0 Å². The molecule has 0 spiro atoms. The first kappa shape index (κ1) is 19.2. The minimum Gasteiger partial charge on any atom is -0.325 e. The van der Waals surface area contributed by atoms with E-state index in [9.17, 15) is 9.59 Å². The van der Waals surface area contributed by atoms with Gasteiger partial charge in [-0.15, -0.1) is 0 Å². The molecule has 0 saturated heterocycles. The number of amides is 2. The van der Waals surface area contributed by atoms with E-state index in [0.29, 0.717) is 24.7 Å². The Labute approximate surface area is 161 Å². The smallest absolute Gasteiger partial charge is 0.240 e. The van der Waals surface area contributed by atoms with Crippen LogP contribution in [0, 0.1) is 5.41 Å². The molecular formula is C23H28N2O2. The highest BCUT2D eigenvalue weighted by Crippen LogP contribution is 2.48. The Hall–Kier alpha value is -2.62. The van der Waals surface area contributed by atoms with Crippen molar-refractivity contribution in [3.63, 3.8) is 0 Å². The van der Waals surface area contributed by atoms with Crippen molar-refractivity contribution in [2.45, 2.75) is 52.4 Å². The number of benzene rings is 2. The Morgan fingerprint density at radius 3 is 1.44 bits per heavy atom. The Morgan fingerprint density at radius 1 is 0.741 bits per heavy atom. The number of carbonyl (C=O) groups is 2. The Kier molecular flexibility index (Phi) is 5.36. The van der Waals surface area contributed by atoms with Crippen molar-refractivity contribution in [3.05, 3.63) is 59.7 Å². The summed E-state index contributed by atoms with van der Waals surface area (Å²) in [6, 6.07) is 15.6. The SMILES string of the molecule is CC(C)c1ccccc1NC(=O)C1(C(=O)Nc2ccccc2C(C)C)CC1. The first-order valence-corrected chi connectivity index (χ1v) is 9.66. The number of nitrogens with one attached hydrogen (secondary N) is 2. The molecule has 1 fully saturated rings. The van der Waals surface area contributed by atoms with Gasteiger partial charge < -0.3 is 10.6 Å². The van der Waals surface area contributed by atoms with Crippen LogP contribution in [0.2, 0.25) is 0 Å². The van der Waals surface area contributed by atoms with Crippen molar-refractivity contribution in [2.24, 2.45) is 5.41 Å². The van der Waals surface area contributed by atoms with Gasteiger partial charge in [0.05, 0.1) is 0 Å². The van der Waals surface area contributed by atoms with Crippen LogP contribution >= 0.6 is 0 Å². The van der Waals surface area contributed by atoms with Gasteiger partial charge in [-0.1, -0.05) is 64.1 Å². The van der Waals surface area contributed by atoms with Gasteiger partial charge in [0.15, 0.2) is 0 Å². The third-order valence-electron chi connectivity index (χ3n) is 5.28. The monoisotopic (exact) mass is 364 g/mol. The summed E-state index contributed by atoms with van der Waals surface area (Å²) in [4.78, 5) is 25.9. The van der Waals surface area contributed by atoms with Gasteiger partial charge >= 0.3 is 0 Å². The fraction of sp³-hybridized carbons (Fsp3) is 0.391.